The average Bonchev–Trinajstić information content (AvgIpc) is 2.86. The van der Waals surface area contributed by atoms with Gasteiger partial charge in [0, 0.05) is 19.4 Å². The number of aliphatic hydroxyl groups is 1. The summed E-state index contributed by atoms with van der Waals surface area (Å²) in [5, 5.41) is 35.6. The van der Waals surface area contributed by atoms with Crippen molar-refractivity contribution in [3.63, 3.8) is 0 Å². The lowest BCUT2D eigenvalue weighted by Crippen LogP contribution is -2.60. The molecule has 12 N–H and O–H groups in total. The minimum absolute atomic E-state index is 0.0131. The molecule has 3 amide bonds. The molecule has 5 unspecified atom stereocenters. The van der Waals surface area contributed by atoms with E-state index < -0.39 is 59.9 Å². The third kappa shape index (κ3) is 12.7. The molecule has 0 saturated carbocycles. The first-order chi connectivity index (χ1) is 18.3. The van der Waals surface area contributed by atoms with Crippen LogP contribution in [0.25, 0.3) is 0 Å². The molecule has 0 bridgehead atoms. The van der Waals surface area contributed by atoms with Crippen molar-refractivity contribution < 1.29 is 39.3 Å². The highest BCUT2D eigenvalue weighted by Gasteiger charge is 2.32. The van der Waals surface area contributed by atoms with Gasteiger partial charge in [0.2, 0.25) is 17.7 Å². The van der Waals surface area contributed by atoms with Gasteiger partial charge in [-0.2, -0.15) is 0 Å². The van der Waals surface area contributed by atoms with E-state index in [0.717, 1.165) is 0 Å². The van der Waals surface area contributed by atoms with Crippen LogP contribution in [0.4, 0.5) is 0 Å². The highest BCUT2D eigenvalue weighted by atomic mass is 16.4. The molecule has 1 aromatic rings. The van der Waals surface area contributed by atoms with E-state index in [2.05, 4.69) is 20.9 Å². The lowest BCUT2D eigenvalue weighted by atomic mass is 10.0. The van der Waals surface area contributed by atoms with Crippen LogP contribution in [0.5, 0.6) is 0 Å². The van der Waals surface area contributed by atoms with Gasteiger partial charge >= 0.3 is 11.9 Å². The van der Waals surface area contributed by atoms with E-state index >= 15 is 0 Å². The fourth-order valence-electron chi connectivity index (χ4n) is 3.43. The highest BCUT2D eigenvalue weighted by molar-refractivity contribution is 5.94. The van der Waals surface area contributed by atoms with Crippen LogP contribution in [0.2, 0.25) is 0 Å². The Hall–Kier alpha value is -4.24. The predicted molar refractivity (Wildman–Crippen MR) is 140 cm³/mol. The molecule has 0 aliphatic rings. The molecule has 0 fully saturated rings. The van der Waals surface area contributed by atoms with Crippen LogP contribution in [0.3, 0.4) is 0 Å². The first kappa shape index (κ1) is 32.8. The Morgan fingerprint density at radius 1 is 0.897 bits per heavy atom. The number of carbonyl (C=O) groups excluding carboxylic acids is 3. The fourth-order valence-corrected chi connectivity index (χ4v) is 3.43. The second kappa shape index (κ2) is 16.6. The van der Waals surface area contributed by atoms with Crippen molar-refractivity contribution in [3.8, 4) is 0 Å². The molecule has 0 spiro atoms. The Labute approximate surface area is 225 Å². The summed E-state index contributed by atoms with van der Waals surface area (Å²) in [5.74, 6) is -5.24. The molecule has 0 saturated heterocycles. The molecule has 5 atom stereocenters. The molecule has 15 nitrogen and oxygen atoms in total. The van der Waals surface area contributed by atoms with Crippen molar-refractivity contribution in [2.45, 2.75) is 69.3 Å². The number of amides is 3. The maximum absolute atomic E-state index is 13.2. The van der Waals surface area contributed by atoms with Gasteiger partial charge in [-0.3, -0.25) is 24.2 Å². The molecule has 0 heterocycles. The Kier molecular flexibility index (Phi) is 13.9. The van der Waals surface area contributed by atoms with E-state index in [-0.39, 0.29) is 44.6 Å². The number of benzene rings is 1. The lowest BCUT2D eigenvalue weighted by molar-refractivity contribution is -0.143. The van der Waals surface area contributed by atoms with Crippen LogP contribution in [0.1, 0.15) is 38.2 Å². The number of hydrogen-bond acceptors (Lipinski definition) is 8. The monoisotopic (exact) mass is 551 g/mol. The van der Waals surface area contributed by atoms with Crippen LogP contribution >= 0.6 is 0 Å². The topological polar surface area (TPSA) is 273 Å². The quantitative estimate of drug-likeness (QED) is 0.0549. The van der Waals surface area contributed by atoms with Gasteiger partial charge in [-0.1, -0.05) is 30.3 Å². The summed E-state index contributed by atoms with van der Waals surface area (Å²) in [6, 6.07) is 3.22. The van der Waals surface area contributed by atoms with Crippen molar-refractivity contribution in [2.24, 2.45) is 22.2 Å². The second-order valence-electron chi connectivity index (χ2n) is 8.86. The molecule has 39 heavy (non-hydrogen) atoms. The van der Waals surface area contributed by atoms with E-state index in [4.69, 9.17) is 22.3 Å². The van der Waals surface area contributed by atoms with Gasteiger partial charge in [0.1, 0.15) is 18.1 Å². The van der Waals surface area contributed by atoms with E-state index in [0.29, 0.717) is 5.56 Å². The summed E-state index contributed by atoms with van der Waals surface area (Å²) < 4.78 is 0. The second-order valence-corrected chi connectivity index (χ2v) is 8.86. The van der Waals surface area contributed by atoms with Crippen LogP contribution in [0.15, 0.2) is 35.3 Å². The van der Waals surface area contributed by atoms with Crippen molar-refractivity contribution in [2.75, 3.05) is 6.54 Å². The van der Waals surface area contributed by atoms with Crippen molar-refractivity contribution in [1.29, 1.82) is 0 Å². The highest BCUT2D eigenvalue weighted by Crippen LogP contribution is 2.07. The normalized spacial score (nSPS) is 14.5. The molecular formula is C24H37N7O8. The van der Waals surface area contributed by atoms with Crippen molar-refractivity contribution >= 4 is 35.6 Å². The molecule has 0 aliphatic heterocycles. The number of aliphatic carboxylic acids is 2. The molecule has 0 aromatic heterocycles. The number of hydrogen-bond donors (Lipinski definition) is 9. The summed E-state index contributed by atoms with van der Waals surface area (Å²) >= 11 is 0. The zero-order valence-corrected chi connectivity index (χ0v) is 21.6. The first-order valence-corrected chi connectivity index (χ1v) is 12.2. The van der Waals surface area contributed by atoms with Crippen molar-refractivity contribution in [1.82, 2.24) is 16.0 Å². The minimum Gasteiger partial charge on any atom is -0.481 e. The van der Waals surface area contributed by atoms with Crippen LogP contribution in [-0.4, -0.2) is 87.8 Å². The number of nitrogens with two attached hydrogens (primary N) is 3. The number of aliphatic imine (C=N–C) groups is 1. The Morgan fingerprint density at radius 3 is 2.05 bits per heavy atom. The number of aliphatic hydroxyl groups excluding tert-OH is 1. The number of nitrogens with zero attached hydrogens (tertiary/aromatic N) is 1. The van der Waals surface area contributed by atoms with E-state index in [1.54, 1.807) is 30.3 Å². The van der Waals surface area contributed by atoms with Crippen LogP contribution < -0.4 is 33.2 Å². The number of nitrogens with one attached hydrogen (secondary N) is 3. The summed E-state index contributed by atoms with van der Waals surface area (Å²) in [7, 11) is 0. The maximum atomic E-state index is 13.2. The van der Waals surface area contributed by atoms with Gasteiger partial charge < -0.3 is 48.5 Å². The van der Waals surface area contributed by atoms with Gasteiger partial charge in [-0.25, -0.2) is 4.79 Å². The zero-order valence-electron chi connectivity index (χ0n) is 21.6. The Balaban J connectivity index is 3.01. The molecular weight excluding hydrogens is 514 g/mol. The third-order valence-corrected chi connectivity index (χ3v) is 5.54. The fraction of sp³-hybridized carbons (Fsp3) is 0.500. The van der Waals surface area contributed by atoms with Gasteiger partial charge in [-0.05, 0) is 31.7 Å². The molecule has 1 aromatic carbocycles. The molecule has 15 heteroatoms. The molecule has 0 radical (unpaired) electrons. The van der Waals surface area contributed by atoms with E-state index in [1.165, 1.54) is 6.92 Å². The lowest BCUT2D eigenvalue weighted by Gasteiger charge is -2.26. The van der Waals surface area contributed by atoms with Crippen LogP contribution in [-0.2, 0) is 30.4 Å². The SMILES string of the molecule is CC(O)C(NC(=O)C(Cc1ccccc1)NC(=O)C(N)CCC(=O)O)C(=O)NC(CCCN=C(N)N)C(=O)O. The summed E-state index contributed by atoms with van der Waals surface area (Å²) in [5.41, 5.74) is 16.9. The van der Waals surface area contributed by atoms with Crippen LogP contribution in [0, 0.1) is 0 Å². The number of guanidine groups is 1. The average molecular weight is 552 g/mol. The summed E-state index contributed by atoms with van der Waals surface area (Å²) in [6.45, 7) is 1.36. The maximum Gasteiger partial charge on any atom is 0.326 e. The first-order valence-electron chi connectivity index (χ1n) is 12.2. The third-order valence-electron chi connectivity index (χ3n) is 5.54. The standard InChI is InChI=1S/C24H37N7O8/c1-13(32)19(22(37)29-16(23(38)39)8-5-11-28-24(26)27)31-21(36)17(12-14-6-3-2-4-7-14)30-20(35)15(25)9-10-18(33)34/h2-4,6-7,13,15-17,19,32H,5,8-12,25H2,1H3,(H,29,37)(H,30,35)(H,31,36)(H,33,34)(H,38,39)(H4,26,27,28). The number of carboxylic acid groups (broad SMARTS) is 2. The number of rotatable bonds is 17. The summed E-state index contributed by atoms with van der Waals surface area (Å²) in [4.78, 5) is 64.8. The number of carboxylic acids is 2. The predicted octanol–water partition coefficient (Wildman–Crippen LogP) is -2.61. The molecule has 0 aliphatic carbocycles. The van der Waals surface area contributed by atoms with Gasteiger partial charge in [-0.15, -0.1) is 0 Å². The smallest absolute Gasteiger partial charge is 0.326 e. The van der Waals surface area contributed by atoms with E-state index in [1.807, 2.05) is 0 Å². The van der Waals surface area contributed by atoms with E-state index in [9.17, 15) is 34.2 Å². The zero-order chi connectivity index (χ0) is 29.5. The van der Waals surface area contributed by atoms with Gasteiger partial charge in [0.25, 0.3) is 0 Å². The number of carbonyl (C=O) groups is 5. The Morgan fingerprint density at radius 2 is 1.51 bits per heavy atom. The summed E-state index contributed by atoms with van der Waals surface area (Å²) in [6.07, 6.45) is -1.77. The molecule has 216 valence electrons. The minimum atomic E-state index is -1.56. The molecule has 1 rings (SSSR count). The largest absolute Gasteiger partial charge is 0.481 e. The van der Waals surface area contributed by atoms with Gasteiger partial charge in [0.15, 0.2) is 5.96 Å². The van der Waals surface area contributed by atoms with Gasteiger partial charge in [0.05, 0.1) is 12.1 Å². The Bertz CT molecular complexity index is 1010. The van der Waals surface area contributed by atoms with Crippen molar-refractivity contribution in [3.05, 3.63) is 35.9 Å².